The van der Waals surface area contributed by atoms with Crippen LogP contribution in [0.3, 0.4) is 0 Å². The molecule has 2 rings (SSSR count). The van der Waals surface area contributed by atoms with E-state index in [-0.39, 0.29) is 17.5 Å². The van der Waals surface area contributed by atoms with Gasteiger partial charge in [0, 0.05) is 18.2 Å². The van der Waals surface area contributed by atoms with Crippen LogP contribution >= 0.6 is 0 Å². The molecule has 1 heterocycles. The van der Waals surface area contributed by atoms with Gasteiger partial charge in [-0.2, -0.15) is 0 Å². The summed E-state index contributed by atoms with van der Waals surface area (Å²) in [6, 6.07) is 7.94. The lowest BCUT2D eigenvalue weighted by Gasteiger charge is -2.34. The molecule has 90 valence electrons. The van der Waals surface area contributed by atoms with E-state index < -0.39 is 9.84 Å². The van der Waals surface area contributed by atoms with Crippen molar-refractivity contribution in [3.8, 4) is 12.3 Å². The SMILES string of the molecule is C#Cc1ccc(CN(C)C2CS(=O)(=O)C2)cc1. The molecule has 0 aromatic heterocycles. The van der Waals surface area contributed by atoms with Crippen LogP contribution < -0.4 is 0 Å². The van der Waals surface area contributed by atoms with E-state index in [1.807, 2.05) is 31.3 Å². The van der Waals surface area contributed by atoms with Crippen molar-refractivity contribution in [3.05, 3.63) is 35.4 Å². The monoisotopic (exact) mass is 249 g/mol. The lowest BCUT2D eigenvalue weighted by Crippen LogP contribution is -2.51. The summed E-state index contributed by atoms with van der Waals surface area (Å²) >= 11 is 0. The third-order valence-corrected chi connectivity index (χ3v) is 4.85. The number of hydrogen-bond acceptors (Lipinski definition) is 3. The third kappa shape index (κ3) is 2.87. The van der Waals surface area contributed by atoms with Crippen LogP contribution in [0.5, 0.6) is 0 Å². The number of rotatable bonds is 3. The summed E-state index contributed by atoms with van der Waals surface area (Å²) in [5.41, 5.74) is 2.01. The van der Waals surface area contributed by atoms with Crippen LogP contribution in [-0.2, 0) is 16.4 Å². The number of benzene rings is 1. The topological polar surface area (TPSA) is 37.4 Å². The standard InChI is InChI=1S/C13H15NO2S/c1-3-11-4-6-12(7-5-11)8-14(2)13-9-17(15,16)10-13/h1,4-7,13H,8-10H2,2H3. The maximum atomic E-state index is 11.1. The van der Waals surface area contributed by atoms with E-state index in [1.165, 1.54) is 0 Å². The fourth-order valence-electron chi connectivity index (χ4n) is 1.92. The average molecular weight is 249 g/mol. The van der Waals surface area contributed by atoms with E-state index in [1.54, 1.807) is 0 Å². The molecule has 0 aliphatic carbocycles. The van der Waals surface area contributed by atoms with Crippen molar-refractivity contribution in [2.75, 3.05) is 18.6 Å². The van der Waals surface area contributed by atoms with Gasteiger partial charge in [-0.15, -0.1) is 6.42 Å². The molecule has 0 amide bonds. The highest BCUT2D eigenvalue weighted by molar-refractivity contribution is 7.92. The molecule has 0 radical (unpaired) electrons. The molecule has 1 aliphatic rings. The predicted octanol–water partition coefficient (Wildman–Crippen LogP) is 0.897. The second-order valence-electron chi connectivity index (χ2n) is 4.49. The molecule has 3 nitrogen and oxygen atoms in total. The molecule has 1 aromatic rings. The fraction of sp³-hybridized carbons (Fsp3) is 0.385. The summed E-state index contributed by atoms with van der Waals surface area (Å²) in [7, 11) is -0.794. The van der Waals surface area contributed by atoms with E-state index in [0.717, 1.165) is 17.7 Å². The Hall–Kier alpha value is -1.31. The third-order valence-electron chi connectivity index (χ3n) is 3.07. The van der Waals surface area contributed by atoms with Gasteiger partial charge in [0.2, 0.25) is 0 Å². The first kappa shape index (κ1) is 12.2. The first-order chi connectivity index (χ1) is 8.00. The second kappa shape index (κ2) is 4.52. The summed E-state index contributed by atoms with van der Waals surface area (Å²) in [5.74, 6) is 3.14. The van der Waals surface area contributed by atoms with Crippen molar-refractivity contribution in [2.24, 2.45) is 0 Å². The van der Waals surface area contributed by atoms with Gasteiger partial charge in [0.15, 0.2) is 9.84 Å². The zero-order valence-electron chi connectivity index (χ0n) is 9.76. The molecule has 0 saturated carbocycles. The molecule has 0 spiro atoms. The summed E-state index contributed by atoms with van der Waals surface area (Å²) in [6.45, 7) is 0.755. The zero-order chi connectivity index (χ0) is 12.5. The molecule has 1 fully saturated rings. The van der Waals surface area contributed by atoms with Crippen molar-refractivity contribution < 1.29 is 8.42 Å². The molecule has 1 aromatic carbocycles. The minimum atomic E-state index is -2.75. The Morgan fingerprint density at radius 1 is 1.35 bits per heavy atom. The summed E-state index contributed by atoms with van der Waals surface area (Å²) < 4.78 is 22.2. The highest BCUT2D eigenvalue weighted by Gasteiger charge is 2.35. The molecule has 0 unspecified atom stereocenters. The van der Waals surface area contributed by atoms with Crippen LogP contribution in [0.4, 0.5) is 0 Å². The Labute approximate surface area is 102 Å². The lowest BCUT2D eigenvalue weighted by atomic mass is 10.1. The number of sulfone groups is 1. The van der Waals surface area contributed by atoms with E-state index >= 15 is 0 Å². The minimum absolute atomic E-state index is 0.160. The molecule has 17 heavy (non-hydrogen) atoms. The van der Waals surface area contributed by atoms with E-state index in [2.05, 4.69) is 10.8 Å². The van der Waals surface area contributed by atoms with Gasteiger partial charge in [0.25, 0.3) is 0 Å². The predicted molar refractivity (Wildman–Crippen MR) is 68.3 cm³/mol. The van der Waals surface area contributed by atoms with Crippen LogP contribution in [0.1, 0.15) is 11.1 Å². The van der Waals surface area contributed by atoms with Gasteiger partial charge in [-0.1, -0.05) is 18.1 Å². The number of nitrogens with zero attached hydrogens (tertiary/aromatic N) is 1. The van der Waals surface area contributed by atoms with E-state index in [0.29, 0.717) is 0 Å². The fourth-order valence-corrected chi connectivity index (χ4v) is 3.50. The zero-order valence-corrected chi connectivity index (χ0v) is 10.6. The van der Waals surface area contributed by atoms with Gasteiger partial charge in [-0.05, 0) is 24.7 Å². The van der Waals surface area contributed by atoms with E-state index in [4.69, 9.17) is 6.42 Å². The van der Waals surface area contributed by atoms with Crippen molar-refractivity contribution >= 4 is 9.84 Å². The summed E-state index contributed by atoms with van der Waals surface area (Å²) in [6.07, 6.45) is 5.28. The second-order valence-corrected chi connectivity index (χ2v) is 6.64. The van der Waals surface area contributed by atoms with Gasteiger partial charge < -0.3 is 0 Å². The van der Waals surface area contributed by atoms with Gasteiger partial charge in [-0.25, -0.2) is 8.42 Å². The lowest BCUT2D eigenvalue weighted by molar-refractivity contribution is 0.254. The highest BCUT2D eigenvalue weighted by Crippen LogP contribution is 2.18. The Morgan fingerprint density at radius 3 is 2.41 bits per heavy atom. The van der Waals surface area contributed by atoms with Crippen LogP contribution in [0.15, 0.2) is 24.3 Å². The molecule has 1 aliphatic heterocycles. The smallest absolute Gasteiger partial charge is 0.153 e. The van der Waals surface area contributed by atoms with Crippen molar-refractivity contribution in [3.63, 3.8) is 0 Å². The first-order valence-electron chi connectivity index (χ1n) is 5.46. The molecule has 0 bridgehead atoms. The van der Waals surface area contributed by atoms with Crippen molar-refractivity contribution in [2.45, 2.75) is 12.6 Å². The number of terminal acetylenes is 1. The van der Waals surface area contributed by atoms with Crippen LogP contribution in [0, 0.1) is 12.3 Å². The van der Waals surface area contributed by atoms with Gasteiger partial charge >= 0.3 is 0 Å². The Bertz CT molecular complexity index is 528. The molecule has 0 atom stereocenters. The van der Waals surface area contributed by atoms with Gasteiger partial charge in [-0.3, -0.25) is 4.90 Å². The molecular formula is C13H15NO2S. The van der Waals surface area contributed by atoms with Crippen LogP contribution in [0.2, 0.25) is 0 Å². The normalized spacial score (nSPS) is 18.6. The molecule has 0 N–H and O–H groups in total. The average Bonchev–Trinajstić information content (AvgIpc) is 2.26. The number of hydrogen-bond donors (Lipinski definition) is 0. The Balaban J connectivity index is 1.95. The quantitative estimate of drug-likeness (QED) is 0.747. The summed E-state index contributed by atoms with van der Waals surface area (Å²) in [4.78, 5) is 2.08. The van der Waals surface area contributed by atoms with Crippen LogP contribution in [-0.4, -0.2) is 37.9 Å². The Morgan fingerprint density at radius 2 is 1.94 bits per heavy atom. The largest absolute Gasteiger partial charge is 0.297 e. The highest BCUT2D eigenvalue weighted by atomic mass is 32.2. The Kier molecular flexibility index (Phi) is 3.23. The first-order valence-corrected chi connectivity index (χ1v) is 7.28. The minimum Gasteiger partial charge on any atom is -0.297 e. The maximum Gasteiger partial charge on any atom is 0.153 e. The van der Waals surface area contributed by atoms with Crippen LogP contribution in [0.25, 0.3) is 0 Å². The van der Waals surface area contributed by atoms with Crippen molar-refractivity contribution in [1.29, 1.82) is 0 Å². The summed E-state index contributed by atoms with van der Waals surface area (Å²) in [5, 5.41) is 0. The molecular weight excluding hydrogens is 234 g/mol. The van der Waals surface area contributed by atoms with Crippen molar-refractivity contribution in [1.82, 2.24) is 4.90 Å². The molecule has 4 heteroatoms. The maximum absolute atomic E-state index is 11.1. The van der Waals surface area contributed by atoms with E-state index in [9.17, 15) is 8.42 Å². The van der Waals surface area contributed by atoms with Gasteiger partial charge in [0.1, 0.15) is 0 Å². The molecule has 1 saturated heterocycles. The van der Waals surface area contributed by atoms with Gasteiger partial charge in [0.05, 0.1) is 11.5 Å².